The summed E-state index contributed by atoms with van der Waals surface area (Å²) in [4.78, 5) is 0. The molecule has 0 spiro atoms. The SMILES string of the molecule is C[C@@]1(CO)CC(O)C[C@@]2(C)[C@@H]3CC[C@](C)(C(O)CO)C=C3CC[C@H]12. The van der Waals surface area contributed by atoms with Gasteiger partial charge in [-0.1, -0.05) is 32.4 Å². The van der Waals surface area contributed by atoms with Crippen LogP contribution in [0.3, 0.4) is 0 Å². The molecule has 0 bridgehead atoms. The molecule has 3 aliphatic carbocycles. The van der Waals surface area contributed by atoms with Crippen molar-refractivity contribution < 1.29 is 20.4 Å². The van der Waals surface area contributed by atoms with Crippen LogP contribution in [0.4, 0.5) is 0 Å². The molecule has 24 heavy (non-hydrogen) atoms. The fourth-order valence-corrected chi connectivity index (χ4v) is 6.46. The lowest BCUT2D eigenvalue weighted by Crippen LogP contribution is -2.56. The standard InChI is InChI=1S/C20H34O4/c1-18(17(24)11-21)7-6-15-13(8-18)4-5-16-19(2,12-22)9-14(23)10-20(15,16)3/h8,14-17,21-24H,4-7,9-12H2,1-3H3/t14?,15-,16-,17?,18+,19+,20+/m1/s1. The van der Waals surface area contributed by atoms with Crippen molar-refractivity contribution in [3.8, 4) is 0 Å². The monoisotopic (exact) mass is 338 g/mol. The van der Waals surface area contributed by atoms with Crippen LogP contribution in [0.2, 0.25) is 0 Å². The summed E-state index contributed by atoms with van der Waals surface area (Å²) in [5, 5.41) is 40.1. The molecule has 0 aromatic carbocycles. The Labute approximate surface area is 145 Å². The molecule has 4 heteroatoms. The van der Waals surface area contributed by atoms with Crippen LogP contribution in [-0.4, -0.2) is 45.8 Å². The third kappa shape index (κ3) is 2.66. The molecule has 2 saturated carbocycles. The van der Waals surface area contributed by atoms with Gasteiger partial charge in [0.25, 0.3) is 0 Å². The van der Waals surface area contributed by atoms with Gasteiger partial charge in [0, 0.05) is 12.0 Å². The zero-order chi connectivity index (χ0) is 17.8. The molecule has 2 unspecified atom stereocenters. The molecule has 0 saturated heterocycles. The first-order chi connectivity index (χ1) is 11.2. The number of aliphatic hydroxyl groups is 4. The number of hydrogen-bond acceptors (Lipinski definition) is 4. The van der Waals surface area contributed by atoms with Gasteiger partial charge in [-0.05, 0) is 61.2 Å². The van der Waals surface area contributed by atoms with E-state index in [-0.39, 0.29) is 35.6 Å². The van der Waals surface area contributed by atoms with E-state index in [2.05, 4.69) is 19.9 Å². The molecule has 2 fully saturated rings. The Bertz CT molecular complexity index is 518. The summed E-state index contributed by atoms with van der Waals surface area (Å²) in [7, 11) is 0. The average Bonchev–Trinajstić information content (AvgIpc) is 2.52. The second-order valence-electron chi connectivity index (χ2n) is 9.49. The van der Waals surface area contributed by atoms with Crippen molar-refractivity contribution in [1.82, 2.24) is 0 Å². The maximum atomic E-state index is 10.5. The van der Waals surface area contributed by atoms with E-state index >= 15 is 0 Å². The van der Waals surface area contributed by atoms with Gasteiger partial charge >= 0.3 is 0 Å². The molecule has 138 valence electrons. The summed E-state index contributed by atoms with van der Waals surface area (Å²) >= 11 is 0. The van der Waals surface area contributed by atoms with Gasteiger partial charge in [-0.2, -0.15) is 0 Å². The predicted octanol–water partition coefficient (Wildman–Crippen LogP) is 2.25. The maximum absolute atomic E-state index is 10.5. The smallest absolute Gasteiger partial charge is 0.0858 e. The minimum Gasteiger partial charge on any atom is -0.396 e. The van der Waals surface area contributed by atoms with E-state index in [1.165, 1.54) is 5.57 Å². The Balaban J connectivity index is 1.95. The van der Waals surface area contributed by atoms with Crippen molar-refractivity contribution in [1.29, 1.82) is 0 Å². The lowest BCUT2D eigenvalue weighted by atomic mass is 9.44. The van der Waals surface area contributed by atoms with E-state index in [9.17, 15) is 20.4 Å². The van der Waals surface area contributed by atoms with E-state index in [0.29, 0.717) is 18.3 Å². The van der Waals surface area contributed by atoms with Crippen molar-refractivity contribution in [3.63, 3.8) is 0 Å². The molecule has 0 aliphatic heterocycles. The van der Waals surface area contributed by atoms with Gasteiger partial charge in [-0.3, -0.25) is 0 Å². The summed E-state index contributed by atoms with van der Waals surface area (Å²) in [5.74, 6) is 0.837. The molecule has 0 heterocycles. The van der Waals surface area contributed by atoms with Crippen LogP contribution in [0.25, 0.3) is 0 Å². The van der Waals surface area contributed by atoms with Crippen LogP contribution >= 0.6 is 0 Å². The lowest BCUT2D eigenvalue weighted by molar-refractivity contribution is -0.134. The highest BCUT2D eigenvalue weighted by Crippen LogP contribution is 2.63. The molecular formula is C20H34O4. The second kappa shape index (κ2) is 6.08. The third-order valence-electron chi connectivity index (χ3n) is 7.76. The highest BCUT2D eigenvalue weighted by Gasteiger charge is 2.57. The van der Waals surface area contributed by atoms with Crippen molar-refractivity contribution in [2.45, 2.75) is 71.5 Å². The van der Waals surface area contributed by atoms with Crippen molar-refractivity contribution in [2.75, 3.05) is 13.2 Å². The van der Waals surface area contributed by atoms with Gasteiger partial charge in [-0.15, -0.1) is 0 Å². The summed E-state index contributed by atoms with van der Waals surface area (Å²) in [6.45, 7) is 6.41. The van der Waals surface area contributed by atoms with Gasteiger partial charge in [0.1, 0.15) is 0 Å². The second-order valence-corrected chi connectivity index (χ2v) is 9.49. The van der Waals surface area contributed by atoms with E-state index in [4.69, 9.17) is 0 Å². The van der Waals surface area contributed by atoms with Crippen LogP contribution in [-0.2, 0) is 0 Å². The highest BCUT2D eigenvalue weighted by molar-refractivity contribution is 5.25. The first kappa shape index (κ1) is 18.4. The number of fused-ring (bicyclic) bond motifs is 3. The van der Waals surface area contributed by atoms with Crippen LogP contribution in [0.15, 0.2) is 11.6 Å². The first-order valence-corrected chi connectivity index (χ1v) is 9.48. The fraction of sp³-hybridized carbons (Fsp3) is 0.900. The molecule has 0 radical (unpaired) electrons. The van der Waals surface area contributed by atoms with Crippen LogP contribution in [0, 0.1) is 28.1 Å². The Morgan fingerprint density at radius 1 is 1.17 bits per heavy atom. The Morgan fingerprint density at radius 2 is 1.88 bits per heavy atom. The Hall–Kier alpha value is -0.420. The quantitative estimate of drug-likeness (QED) is 0.595. The summed E-state index contributed by atoms with van der Waals surface area (Å²) in [6, 6.07) is 0. The van der Waals surface area contributed by atoms with Gasteiger partial charge in [0.15, 0.2) is 0 Å². The van der Waals surface area contributed by atoms with Crippen molar-refractivity contribution in [3.05, 3.63) is 11.6 Å². The van der Waals surface area contributed by atoms with Crippen molar-refractivity contribution >= 4 is 0 Å². The summed E-state index contributed by atoms with van der Waals surface area (Å²) in [6.07, 6.45) is 6.54. The number of rotatable bonds is 3. The molecule has 4 nitrogen and oxygen atoms in total. The Morgan fingerprint density at radius 3 is 2.50 bits per heavy atom. The maximum Gasteiger partial charge on any atom is 0.0858 e. The van der Waals surface area contributed by atoms with Gasteiger partial charge in [-0.25, -0.2) is 0 Å². The third-order valence-corrected chi connectivity index (χ3v) is 7.76. The summed E-state index contributed by atoms with van der Waals surface area (Å²) < 4.78 is 0. The zero-order valence-electron chi connectivity index (χ0n) is 15.3. The first-order valence-electron chi connectivity index (χ1n) is 9.48. The van der Waals surface area contributed by atoms with E-state index in [1.807, 2.05) is 6.92 Å². The molecule has 0 aromatic heterocycles. The highest BCUT2D eigenvalue weighted by atomic mass is 16.3. The predicted molar refractivity (Wildman–Crippen MR) is 93.3 cm³/mol. The van der Waals surface area contributed by atoms with E-state index < -0.39 is 6.10 Å². The van der Waals surface area contributed by atoms with E-state index in [1.54, 1.807) is 0 Å². The lowest BCUT2D eigenvalue weighted by Gasteiger charge is -2.61. The molecule has 3 aliphatic rings. The van der Waals surface area contributed by atoms with Crippen LogP contribution in [0.5, 0.6) is 0 Å². The molecule has 0 amide bonds. The number of aliphatic hydroxyl groups excluding tert-OH is 4. The number of allylic oxidation sites excluding steroid dienone is 1. The van der Waals surface area contributed by atoms with Crippen LogP contribution in [0.1, 0.15) is 59.3 Å². The van der Waals surface area contributed by atoms with Crippen LogP contribution < -0.4 is 0 Å². The average molecular weight is 338 g/mol. The van der Waals surface area contributed by atoms with E-state index in [0.717, 1.165) is 32.1 Å². The van der Waals surface area contributed by atoms with Gasteiger partial charge < -0.3 is 20.4 Å². The molecule has 4 N–H and O–H groups in total. The Kier molecular flexibility index (Phi) is 4.66. The molecule has 0 aromatic rings. The normalized spacial score (nSPS) is 49.8. The molecule has 7 atom stereocenters. The van der Waals surface area contributed by atoms with Crippen molar-refractivity contribution in [2.24, 2.45) is 28.1 Å². The fourth-order valence-electron chi connectivity index (χ4n) is 6.46. The largest absolute Gasteiger partial charge is 0.396 e. The minimum atomic E-state index is -0.712. The van der Waals surface area contributed by atoms with Gasteiger partial charge in [0.2, 0.25) is 0 Å². The van der Waals surface area contributed by atoms with Gasteiger partial charge in [0.05, 0.1) is 18.8 Å². The zero-order valence-corrected chi connectivity index (χ0v) is 15.3. The summed E-state index contributed by atoms with van der Waals surface area (Å²) in [5.41, 5.74) is 0.843. The number of hydrogen-bond donors (Lipinski definition) is 4. The molecule has 3 rings (SSSR count). The minimum absolute atomic E-state index is 0.00469. The topological polar surface area (TPSA) is 80.9 Å². The molecular weight excluding hydrogens is 304 g/mol.